The van der Waals surface area contributed by atoms with Crippen molar-refractivity contribution >= 4 is 11.6 Å². The molecule has 1 amide bonds. The van der Waals surface area contributed by atoms with Gasteiger partial charge >= 0.3 is 0 Å². The Morgan fingerprint density at radius 2 is 1.90 bits per heavy atom. The van der Waals surface area contributed by atoms with Crippen LogP contribution in [0.1, 0.15) is 5.56 Å². The number of para-hydroxylation sites is 1. The predicted molar refractivity (Wildman–Crippen MR) is 81.5 cm³/mol. The summed E-state index contributed by atoms with van der Waals surface area (Å²) in [7, 11) is 1.58. The van der Waals surface area contributed by atoms with Gasteiger partial charge in [0.25, 0.3) is 5.91 Å². The van der Waals surface area contributed by atoms with Crippen LogP contribution in [-0.2, 0) is 11.3 Å². The van der Waals surface area contributed by atoms with Crippen molar-refractivity contribution in [2.24, 2.45) is 5.73 Å². The maximum atomic E-state index is 11.9. The van der Waals surface area contributed by atoms with Gasteiger partial charge in [0.15, 0.2) is 6.61 Å². The van der Waals surface area contributed by atoms with Crippen LogP contribution in [-0.4, -0.2) is 19.6 Å². The van der Waals surface area contributed by atoms with Crippen LogP contribution in [0.5, 0.6) is 11.5 Å². The number of rotatable bonds is 6. The van der Waals surface area contributed by atoms with E-state index in [0.717, 1.165) is 5.56 Å². The van der Waals surface area contributed by atoms with E-state index in [4.69, 9.17) is 15.2 Å². The van der Waals surface area contributed by atoms with Crippen molar-refractivity contribution in [1.29, 1.82) is 0 Å². The first-order valence-electron chi connectivity index (χ1n) is 6.57. The van der Waals surface area contributed by atoms with E-state index >= 15 is 0 Å². The first-order valence-corrected chi connectivity index (χ1v) is 6.57. The Balaban J connectivity index is 1.92. The summed E-state index contributed by atoms with van der Waals surface area (Å²) < 4.78 is 10.5. The number of hydrogen-bond acceptors (Lipinski definition) is 4. The van der Waals surface area contributed by atoms with Gasteiger partial charge in [0.1, 0.15) is 11.5 Å². The van der Waals surface area contributed by atoms with E-state index in [1.165, 1.54) is 0 Å². The van der Waals surface area contributed by atoms with Gasteiger partial charge in [-0.2, -0.15) is 0 Å². The van der Waals surface area contributed by atoms with Gasteiger partial charge in [0, 0.05) is 18.3 Å². The summed E-state index contributed by atoms with van der Waals surface area (Å²) in [5, 5.41) is 2.79. The normalized spacial score (nSPS) is 10.0. The zero-order valence-corrected chi connectivity index (χ0v) is 11.8. The van der Waals surface area contributed by atoms with Gasteiger partial charge in [-0.05, 0) is 23.8 Å². The van der Waals surface area contributed by atoms with Crippen LogP contribution in [0, 0.1) is 0 Å². The molecule has 5 heteroatoms. The van der Waals surface area contributed by atoms with Crippen molar-refractivity contribution < 1.29 is 14.3 Å². The number of nitrogens with two attached hydrogens (primary N) is 1. The van der Waals surface area contributed by atoms with Crippen molar-refractivity contribution in [3.8, 4) is 11.5 Å². The summed E-state index contributed by atoms with van der Waals surface area (Å²) in [4.78, 5) is 11.9. The van der Waals surface area contributed by atoms with Crippen LogP contribution < -0.4 is 20.5 Å². The third-order valence-electron chi connectivity index (χ3n) is 2.92. The molecule has 2 aromatic carbocycles. The van der Waals surface area contributed by atoms with Crippen molar-refractivity contribution in [3.05, 3.63) is 54.1 Å². The zero-order chi connectivity index (χ0) is 15.1. The van der Waals surface area contributed by atoms with Crippen molar-refractivity contribution in [2.45, 2.75) is 6.54 Å². The van der Waals surface area contributed by atoms with Crippen LogP contribution >= 0.6 is 0 Å². The Kier molecular flexibility index (Phi) is 5.17. The lowest BCUT2D eigenvalue weighted by Crippen LogP contribution is -2.21. The first-order chi connectivity index (χ1) is 10.2. The molecule has 2 rings (SSSR count). The fourth-order valence-corrected chi connectivity index (χ4v) is 1.85. The van der Waals surface area contributed by atoms with Gasteiger partial charge in [0.05, 0.1) is 7.11 Å². The summed E-state index contributed by atoms with van der Waals surface area (Å²) in [5.41, 5.74) is 7.22. The van der Waals surface area contributed by atoms with E-state index < -0.39 is 0 Å². The number of ether oxygens (including phenoxy) is 2. The highest BCUT2D eigenvalue weighted by atomic mass is 16.5. The molecule has 0 saturated heterocycles. The maximum Gasteiger partial charge on any atom is 0.262 e. The zero-order valence-electron chi connectivity index (χ0n) is 11.8. The average molecular weight is 286 g/mol. The first kappa shape index (κ1) is 14.9. The molecule has 0 unspecified atom stereocenters. The van der Waals surface area contributed by atoms with Gasteiger partial charge in [-0.1, -0.05) is 24.3 Å². The highest BCUT2D eigenvalue weighted by Crippen LogP contribution is 2.19. The average Bonchev–Trinajstić information content (AvgIpc) is 2.53. The summed E-state index contributed by atoms with van der Waals surface area (Å²) in [6, 6.07) is 14.5. The molecule has 0 saturated carbocycles. The second-order valence-electron chi connectivity index (χ2n) is 4.38. The Hall–Kier alpha value is -2.53. The van der Waals surface area contributed by atoms with Crippen LogP contribution in [0.15, 0.2) is 48.5 Å². The lowest BCUT2D eigenvalue weighted by molar-refractivity contribution is -0.118. The van der Waals surface area contributed by atoms with Crippen molar-refractivity contribution in [1.82, 2.24) is 0 Å². The Bertz CT molecular complexity index is 614. The molecule has 3 N–H and O–H groups in total. The quantitative estimate of drug-likeness (QED) is 0.853. The van der Waals surface area contributed by atoms with Gasteiger partial charge in [-0.3, -0.25) is 4.79 Å². The Labute approximate surface area is 123 Å². The molecular weight excluding hydrogens is 268 g/mol. The molecule has 0 spiro atoms. The fraction of sp³-hybridized carbons (Fsp3) is 0.188. The van der Waals surface area contributed by atoms with Gasteiger partial charge in [0.2, 0.25) is 0 Å². The molecule has 0 heterocycles. The van der Waals surface area contributed by atoms with Crippen LogP contribution in [0.3, 0.4) is 0 Å². The van der Waals surface area contributed by atoms with Gasteiger partial charge in [-0.25, -0.2) is 0 Å². The number of anilines is 1. The van der Waals surface area contributed by atoms with Gasteiger partial charge < -0.3 is 20.5 Å². The van der Waals surface area contributed by atoms with Gasteiger partial charge in [-0.15, -0.1) is 0 Å². The van der Waals surface area contributed by atoms with E-state index in [2.05, 4.69) is 5.32 Å². The van der Waals surface area contributed by atoms with Crippen molar-refractivity contribution in [2.75, 3.05) is 19.0 Å². The molecule has 5 nitrogen and oxygen atoms in total. The Morgan fingerprint density at radius 1 is 1.14 bits per heavy atom. The molecule has 0 aliphatic rings. The molecule has 0 aromatic heterocycles. The van der Waals surface area contributed by atoms with E-state index in [1.54, 1.807) is 25.3 Å². The van der Waals surface area contributed by atoms with E-state index in [0.29, 0.717) is 23.7 Å². The number of carbonyl (C=O) groups is 1. The van der Waals surface area contributed by atoms with Crippen LogP contribution in [0.2, 0.25) is 0 Å². The summed E-state index contributed by atoms with van der Waals surface area (Å²) in [5.74, 6) is 1.02. The van der Waals surface area contributed by atoms with E-state index in [9.17, 15) is 4.79 Å². The monoisotopic (exact) mass is 286 g/mol. The van der Waals surface area contributed by atoms with E-state index in [1.807, 2.05) is 30.3 Å². The second kappa shape index (κ2) is 7.31. The Morgan fingerprint density at radius 3 is 2.67 bits per heavy atom. The molecule has 110 valence electrons. The number of nitrogens with one attached hydrogen (secondary N) is 1. The number of hydrogen-bond donors (Lipinski definition) is 2. The lowest BCUT2D eigenvalue weighted by atomic mass is 10.2. The molecule has 21 heavy (non-hydrogen) atoms. The SMILES string of the molecule is COc1cccc(OCC(=O)Nc2ccccc2CN)c1. The highest BCUT2D eigenvalue weighted by Gasteiger charge is 2.07. The largest absolute Gasteiger partial charge is 0.497 e. The number of methoxy groups -OCH3 is 1. The highest BCUT2D eigenvalue weighted by molar-refractivity contribution is 5.92. The maximum absolute atomic E-state index is 11.9. The number of benzene rings is 2. The number of amides is 1. The molecule has 0 fully saturated rings. The topological polar surface area (TPSA) is 73.6 Å². The summed E-state index contributed by atoms with van der Waals surface area (Å²) in [6.07, 6.45) is 0. The summed E-state index contributed by atoms with van der Waals surface area (Å²) in [6.45, 7) is 0.291. The number of carbonyl (C=O) groups excluding carboxylic acids is 1. The molecule has 0 aliphatic heterocycles. The van der Waals surface area contributed by atoms with Crippen LogP contribution in [0.4, 0.5) is 5.69 Å². The standard InChI is InChI=1S/C16H18N2O3/c1-20-13-6-4-7-14(9-13)21-11-16(19)18-15-8-3-2-5-12(15)10-17/h2-9H,10-11,17H2,1H3,(H,18,19). The van der Waals surface area contributed by atoms with Crippen molar-refractivity contribution in [3.63, 3.8) is 0 Å². The van der Waals surface area contributed by atoms with Crippen LogP contribution in [0.25, 0.3) is 0 Å². The minimum atomic E-state index is -0.237. The minimum absolute atomic E-state index is 0.0773. The molecule has 2 aromatic rings. The molecule has 0 atom stereocenters. The lowest BCUT2D eigenvalue weighted by Gasteiger charge is -2.11. The third kappa shape index (κ3) is 4.22. The van der Waals surface area contributed by atoms with E-state index in [-0.39, 0.29) is 12.5 Å². The molecule has 0 radical (unpaired) electrons. The smallest absolute Gasteiger partial charge is 0.262 e. The molecule has 0 bridgehead atoms. The molecular formula is C16H18N2O3. The fourth-order valence-electron chi connectivity index (χ4n) is 1.85. The predicted octanol–water partition coefficient (Wildman–Crippen LogP) is 2.17. The third-order valence-corrected chi connectivity index (χ3v) is 2.92. The molecule has 0 aliphatic carbocycles. The second-order valence-corrected chi connectivity index (χ2v) is 4.38. The minimum Gasteiger partial charge on any atom is -0.497 e. The summed E-state index contributed by atoms with van der Waals surface area (Å²) >= 11 is 0.